The molecule has 4 saturated carbocycles. The molecule has 0 aromatic rings. The number of carboxylic acids is 1. The van der Waals surface area contributed by atoms with Crippen molar-refractivity contribution in [3.8, 4) is 0 Å². The van der Waals surface area contributed by atoms with Crippen molar-refractivity contribution in [3.05, 3.63) is 11.6 Å². The summed E-state index contributed by atoms with van der Waals surface area (Å²) in [6, 6.07) is 0. The van der Waals surface area contributed by atoms with Gasteiger partial charge in [0.15, 0.2) is 31.3 Å². The molecule has 26 nitrogen and oxygen atoms in total. The largest absolute Gasteiger partial charge is 0.479 e. The summed E-state index contributed by atoms with van der Waals surface area (Å²) in [4.78, 5) is 28.3. The Labute approximate surface area is 487 Å². The number of hydrogen-bond donors (Lipinski definition) is 14. The van der Waals surface area contributed by atoms with Crippen molar-refractivity contribution >= 4 is 11.9 Å². The van der Waals surface area contributed by atoms with E-state index in [4.69, 9.17) is 47.4 Å². The highest BCUT2D eigenvalue weighted by Crippen LogP contribution is 2.76. The van der Waals surface area contributed by atoms with Crippen molar-refractivity contribution in [1.29, 1.82) is 0 Å². The first kappa shape index (κ1) is 64.8. The number of aliphatic hydroxyl groups excluding tert-OH is 12. The van der Waals surface area contributed by atoms with Gasteiger partial charge in [0.05, 0.1) is 44.1 Å². The van der Waals surface area contributed by atoms with Crippen molar-refractivity contribution in [2.45, 2.75) is 260 Å². The summed E-state index contributed by atoms with van der Waals surface area (Å²) in [6.07, 6.45) is -27.7. The molecule has 5 aliphatic heterocycles. The predicted octanol–water partition coefficient (Wildman–Crippen LogP) is -1.81. The Morgan fingerprint density at radius 1 is 0.643 bits per heavy atom. The Balaban J connectivity index is 0.874. The number of carbonyl (C=O) groups is 2. The van der Waals surface area contributed by atoms with Gasteiger partial charge in [-0.25, -0.2) is 4.79 Å². The molecule has 0 aromatic carbocycles. The maximum Gasteiger partial charge on any atom is 0.335 e. The fourth-order valence-electron chi connectivity index (χ4n) is 17.3. The zero-order valence-corrected chi connectivity index (χ0v) is 49.1. The molecule has 14 N–H and O–H groups in total. The lowest BCUT2D eigenvalue weighted by Crippen LogP contribution is -2.68. The smallest absolute Gasteiger partial charge is 0.335 e. The molecule has 5 heterocycles. The molecule has 10 aliphatic rings. The number of esters is 1. The highest BCUT2D eigenvalue weighted by atomic mass is 16.8. The van der Waals surface area contributed by atoms with Gasteiger partial charge in [-0.2, -0.15) is 0 Å². The quantitative estimate of drug-likeness (QED) is 0.0549. The molecule has 480 valence electrons. The molecule has 0 bridgehead atoms. The average Bonchev–Trinajstić information content (AvgIpc) is 0.788. The molecule has 30 atom stereocenters. The lowest BCUT2D eigenvalue weighted by atomic mass is 9.33. The summed E-state index contributed by atoms with van der Waals surface area (Å²) >= 11 is 0. The van der Waals surface area contributed by atoms with Crippen molar-refractivity contribution < 1.29 is 128 Å². The Morgan fingerprint density at radius 2 is 1.29 bits per heavy atom. The van der Waals surface area contributed by atoms with Gasteiger partial charge in [-0.1, -0.05) is 60.1 Å². The second-order valence-electron chi connectivity index (χ2n) is 28.4. The van der Waals surface area contributed by atoms with E-state index in [2.05, 4.69) is 54.5 Å². The minimum absolute atomic E-state index is 0.0160. The Bertz CT molecular complexity index is 2410. The molecule has 0 aromatic heterocycles. The van der Waals surface area contributed by atoms with Crippen LogP contribution in [0.5, 0.6) is 0 Å². The van der Waals surface area contributed by atoms with Crippen LogP contribution >= 0.6 is 0 Å². The summed E-state index contributed by atoms with van der Waals surface area (Å²) < 4.78 is 59.2. The molecule has 5 aliphatic carbocycles. The first-order chi connectivity index (χ1) is 39.2. The molecule has 0 radical (unpaired) electrons. The van der Waals surface area contributed by atoms with Gasteiger partial charge >= 0.3 is 11.9 Å². The summed E-state index contributed by atoms with van der Waals surface area (Å²) in [5, 5.41) is 150. The third-order valence-electron chi connectivity index (χ3n) is 22.8. The zero-order valence-electron chi connectivity index (χ0n) is 49.1. The van der Waals surface area contributed by atoms with E-state index in [1.807, 2.05) is 0 Å². The van der Waals surface area contributed by atoms with E-state index >= 15 is 4.79 Å². The highest BCUT2D eigenvalue weighted by molar-refractivity contribution is 5.79. The number of allylic oxidation sites excluding steroid dienone is 2. The Hall–Kier alpha value is -2.20. The van der Waals surface area contributed by atoms with Crippen LogP contribution in [-0.4, -0.2) is 251 Å². The first-order valence-electron chi connectivity index (χ1n) is 29.9. The number of aliphatic carboxylic acids is 1. The van der Waals surface area contributed by atoms with Crippen molar-refractivity contribution in [2.75, 3.05) is 26.4 Å². The molecule has 84 heavy (non-hydrogen) atoms. The standard InChI is InChI=1S/C58H92O26/c1-24-32(61)35(64)38(67)47(78-24)81-41-40(69)49(83-43(45(71)72)42(41)82-46-37(66)33(62)27(60)20-75-46)80-31-12-13-54(6)29(53(31,4)5)11-14-56(8)30(54)10-9-25-26-19-52(2,3)15-17-57(26,18-16-55(25,56)7)51(73)84-48-39(68)36(65)34(63)28(79-48)21-76-50-44(70)58(74,22-59)23-77-50/h9,24,26-44,46-50,59-70,74H,10-23H2,1-8H3,(H,71,72)/t24-,26+,27-,28-,29+,30-,31+,32-,33+,34-,35+,36+,37-,38+,39-,40+,41+,42-,43-,44+,46+,47+,48+,49+,50-,54+,55-,56-,57+,58-/m1/s1. The van der Waals surface area contributed by atoms with Crippen LogP contribution in [-0.2, 0) is 57.0 Å². The van der Waals surface area contributed by atoms with Gasteiger partial charge in [-0.3, -0.25) is 4.79 Å². The summed E-state index contributed by atoms with van der Waals surface area (Å²) in [6.45, 7) is 14.8. The van der Waals surface area contributed by atoms with Gasteiger partial charge < -0.3 is 119 Å². The Kier molecular flexibility index (Phi) is 17.9. The van der Waals surface area contributed by atoms with Gasteiger partial charge in [0.25, 0.3) is 0 Å². The third kappa shape index (κ3) is 10.6. The van der Waals surface area contributed by atoms with Crippen LogP contribution in [0.2, 0.25) is 0 Å². The predicted molar refractivity (Wildman–Crippen MR) is 283 cm³/mol. The van der Waals surface area contributed by atoms with E-state index in [1.165, 1.54) is 12.5 Å². The molecule has 0 spiro atoms. The third-order valence-corrected chi connectivity index (χ3v) is 22.8. The van der Waals surface area contributed by atoms with E-state index in [-0.39, 0.29) is 39.4 Å². The monoisotopic (exact) mass is 1200 g/mol. The summed E-state index contributed by atoms with van der Waals surface area (Å²) in [5.74, 6) is -2.30. The average molecular weight is 1210 g/mol. The minimum atomic E-state index is -2.00. The van der Waals surface area contributed by atoms with Gasteiger partial charge in [-0.15, -0.1) is 0 Å². The maximum atomic E-state index is 15.1. The number of carbonyl (C=O) groups excluding carboxylic acids is 1. The van der Waals surface area contributed by atoms with Crippen molar-refractivity contribution in [1.82, 2.24) is 0 Å². The van der Waals surface area contributed by atoms with Gasteiger partial charge in [0.2, 0.25) is 6.29 Å². The topological polar surface area (TPSA) is 410 Å². The number of hydrogen-bond acceptors (Lipinski definition) is 25. The first-order valence-corrected chi connectivity index (χ1v) is 29.9. The number of rotatable bonds is 13. The lowest BCUT2D eigenvalue weighted by Gasteiger charge is -2.71. The van der Waals surface area contributed by atoms with E-state index in [1.54, 1.807) is 0 Å². The Morgan fingerprint density at radius 3 is 1.96 bits per heavy atom. The van der Waals surface area contributed by atoms with E-state index in [0.717, 1.165) is 12.8 Å². The lowest BCUT2D eigenvalue weighted by molar-refractivity contribution is -0.383. The van der Waals surface area contributed by atoms with Crippen LogP contribution in [0.25, 0.3) is 0 Å². The number of carboxylic acid groups (broad SMARTS) is 1. The van der Waals surface area contributed by atoms with Crippen LogP contribution in [0.3, 0.4) is 0 Å². The normalized spacial score (nSPS) is 53.5. The van der Waals surface area contributed by atoms with Crippen LogP contribution < -0.4 is 0 Å². The fraction of sp³-hybridized carbons (Fsp3) is 0.931. The molecule has 5 saturated heterocycles. The molecular weight excluding hydrogens is 1110 g/mol. The van der Waals surface area contributed by atoms with Crippen molar-refractivity contribution in [2.24, 2.45) is 50.2 Å². The highest BCUT2D eigenvalue weighted by Gasteiger charge is 2.70. The molecule has 9 fully saturated rings. The number of aliphatic hydroxyl groups is 13. The SMILES string of the molecule is C[C@H]1O[C@@H](O[C@H]2[C@H](O)[C@@H](O[C@H]3CC[C@]4(C)[C@H]5CC=C6[C@@H]7CC(C)(C)CC[C@]7(C(=O)O[C@@H]7O[C@H](CO[C@@H]8OC[C@](O)(CO)[C@H]8O)[C@@H](O)[C@H](O)[C@H]7O)CC[C@@]6(C)[C@]5(C)CC[C@H]4C3(C)C)O[C@@H](C(=O)O)[C@@H]2O[C@@H]2OC[C@@H](O)[C@H](O)[C@H]2O)[C@@H](O)[C@@H](O)[C@@H]1O. The second kappa shape index (κ2) is 23.2. The molecular formula is C58H92O26. The van der Waals surface area contributed by atoms with Crippen LogP contribution in [0.15, 0.2) is 11.6 Å². The molecule has 0 unspecified atom stereocenters. The maximum absolute atomic E-state index is 15.1. The summed E-state index contributed by atoms with van der Waals surface area (Å²) in [5.41, 5.74) is -3.58. The van der Waals surface area contributed by atoms with E-state index < -0.39 is 190 Å². The fourth-order valence-corrected chi connectivity index (χ4v) is 17.3. The summed E-state index contributed by atoms with van der Waals surface area (Å²) in [7, 11) is 0. The van der Waals surface area contributed by atoms with E-state index in [9.17, 15) is 76.3 Å². The molecule has 0 amide bonds. The molecule has 26 heteroatoms. The number of fused-ring (bicyclic) bond motifs is 7. The van der Waals surface area contributed by atoms with Gasteiger partial charge in [0, 0.05) is 0 Å². The van der Waals surface area contributed by atoms with Crippen LogP contribution in [0.4, 0.5) is 0 Å². The van der Waals surface area contributed by atoms with Crippen LogP contribution in [0, 0.1) is 50.2 Å². The number of ether oxygens (including phenoxy) is 10. The van der Waals surface area contributed by atoms with E-state index in [0.29, 0.717) is 51.4 Å². The molecule has 10 rings (SSSR count). The van der Waals surface area contributed by atoms with Crippen molar-refractivity contribution in [3.63, 3.8) is 0 Å². The van der Waals surface area contributed by atoms with Gasteiger partial charge in [0.1, 0.15) is 91.1 Å². The van der Waals surface area contributed by atoms with Gasteiger partial charge in [-0.05, 0) is 116 Å². The minimum Gasteiger partial charge on any atom is -0.479 e. The zero-order chi connectivity index (χ0) is 61.3. The second-order valence-corrected chi connectivity index (χ2v) is 28.4. The van der Waals surface area contributed by atoms with Crippen LogP contribution in [0.1, 0.15) is 120 Å².